The fourth-order valence-electron chi connectivity index (χ4n) is 9.31. The zero-order chi connectivity index (χ0) is 58.1. The first-order valence-corrected chi connectivity index (χ1v) is 29.9. The summed E-state index contributed by atoms with van der Waals surface area (Å²) in [6.45, 7) is 13.8. The lowest BCUT2D eigenvalue weighted by molar-refractivity contribution is -0.0307. The van der Waals surface area contributed by atoms with Gasteiger partial charge in [-0.25, -0.2) is 28.8 Å². The summed E-state index contributed by atoms with van der Waals surface area (Å²) >= 11 is 31.6. The van der Waals surface area contributed by atoms with Gasteiger partial charge in [0.2, 0.25) is 0 Å². The van der Waals surface area contributed by atoms with Crippen LogP contribution in [-0.2, 0) is 47.4 Å². The van der Waals surface area contributed by atoms with E-state index in [2.05, 4.69) is 24.8 Å². The zero-order valence-electron chi connectivity index (χ0n) is 46.4. The van der Waals surface area contributed by atoms with Crippen LogP contribution in [0.2, 0.25) is 0 Å². The predicted octanol–water partition coefficient (Wildman–Crippen LogP) is 10.7. The summed E-state index contributed by atoms with van der Waals surface area (Å²) in [5.41, 5.74) is 0. The molecule has 0 spiro atoms. The molecule has 3 aliphatic heterocycles. The topological polar surface area (TPSA) is 232 Å². The molecular formula is C50H88Cl6N6O16. The monoisotopic (exact) mass is 1240 g/mol. The number of alkyl halides is 6. The van der Waals surface area contributed by atoms with E-state index in [1.54, 1.807) is 33.8 Å². The maximum atomic E-state index is 11.4. The Bertz CT molecular complexity index is 1570. The Labute approximate surface area is 492 Å². The number of nitrogens with zero attached hydrogens (tertiary/aromatic N) is 4. The standard InChI is InChI=1S/C10H18ClNO2.C9H16ClNO3.C9H16ClNO2.2C8H14ClNO3.C6H10ClNO3/c1-12(10(13)14-8-11)7-9-5-3-2-4-6-9;1-13-8-4-2-3-7(5-8)11-9(12)14-6-10;10-7-13-9(12)11-6-8-4-2-1-3-5-8;2*1-6-3-12-4-7(2)10(6)8(11)13-5-9;7-5-11-6(9)8-1-3-10-4-2-8/h9H,2-8H2,1H3;7-8H,2-6H2,1H3,(H,11,12);8H,1-7H2,(H,11,12);2*6-7H,3-5H2,1-2H3;1-5H2/t;;;2*6-,7+;. The first-order chi connectivity index (χ1) is 37.5. The number of carbonyl (C=O) groups excluding carboxylic acids is 6. The average Bonchev–Trinajstić information content (AvgIpc) is 3.43. The van der Waals surface area contributed by atoms with E-state index in [1.165, 1.54) is 64.2 Å². The molecule has 22 nitrogen and oxygen atoms in total. The minimum absolute atomic E-state index is 0.0551. The van der Waals surface area contributed by atoms with Gasteiger partial charge >= 0.3 is 36.6 Å². The van der Waals surface area contributed by atoms with Gasteiger partial charge in [0, 0.05) is 46.4 Å². The van der Waals surface area contributed by atoms with Crippen LogP contribution in [-0.4, -0.2) is 209 Å². The second-order valence-corrected chi connectivity index (χ2v) is 20.5. The number of rotatable bonds is 12. The summed E-state index contributed by atoms with van der Waals surface area (Å²) in [6, 6.07) is -0.153. The van der Waals surface area contributed by atoms with Crippen LogP contribution in [0.15, 0.2) is 0 Å². The van der Waals surface area contributed by atoms with Crippen molar-refractivity contribution in [1.82, 2.24) is 30.2 Å². The molecule has 2 N–H and O–H groups in total. The number of alkyl carbamates (subject to hydrolysis) is 2. The van der Waals surface area contributed by atoms with Crippen molar-refractivity contribution in [1.29, 1.82) is 0 Å². The van der Waals surface area contributed by atoms with Crippen molar-refractivity contribution in [2.75, 3.05) is 116 Å². The van der Waals surface area contributed by atoms with E-state index in [4.69, 9.17) is 103 Å². The predicted molar refractivity (Wildman–Crippen MR) is 299 cm³/mol. The highest BCUT2D eigenvalue weighted by molar-refractivity contribution is 6.18. The smallest absolute Gasteiger partial charge is 0.411 e. The second kappa shape index (κ2) is 45.8. The third kappa shape index (κ3) is 32.6. The molecule has 0 radical (unpaired) electrons. The lowest BCUT2D eigenvalue weighted by Gasteiger charge is -2.37. The first kappa shape index (κ1) is 73.2. The number of nitrogens with one attached hydrogen (secondary N) is 2. The van der Waals surface area contributed by atoms with Crippen LogP contribution in [0, 0.1) is 11.8 Å². The number of methoxy groups -OCH3 is 1. The Balaban J connectivity index is 0.000000469. The van der Waals surface area contributed by atoms with Crippen molar-refractivity contribution in [2.45, 2.75) is 154 Å². The number of halogens is 6. The fourth-order valence-corrected chi connectivity index (χ4v) is 9.88. The van der Waals surface area contributed by atoms with Crippen LogP contribution in [0.4, 0.5) is 28.8 Å². The van der Waals surface area contributed by atoms with E-state index in [0.29, 0.717) is 64.6 Å². The molecule has 0 aromatic heterocycles. The van der Waals surface area contributed by atoms with Gasteiger partial charge in [-0.1, -0.05) is 108 Å². The summed E-state index contributed by atoms with van der Waals surface area (Å²) in [7, 11) is 3.47. The molecule has 0 aromatic carbocycles. The van der Waals surface area contributed by atoms with E-state index >= 15 is 0 Å². The quantitative estimate of drug-likeness (QED) is 0.137. The van der Waals surface area contributed by atoms with E-state index < -0.39 is 12.2 Å². The molecule has 2 unspecified atom stereocenters. The summed E-state index contributed by atoms with van der Waals surface area (Å²) in [5, 5.41) is 5.47. The van der Waals surface area contributed by atoms with Gasteiger partial charge in [-0.15, -0.1) is 0 Å². The van der Waals surface area contributed by atoms with E-state index in [1.807, 2.05) is 27.7 Å². The maximum absolute atomic E-state index is 11.4. The zero-order valence-corrected chi connectivity index (χ0v) is 51.0. The van der Waals surface area contributed by atoms with Gasteiger partial charge in [0.25, 0.3) is 0 Å². The van der Waals surface area contributed by atoms with Gasteiger partial charge in [-0.2, -0.15) is 0 Å². The van der Waals surface area contributed by atoms with Crippen LogP contribution in [0.3, 0.4) is 0 Å². The molecule has 78 heavy (non-hydrogen) atoms. The van der Waals surface area contributed by atoms with Crippen molar-refractivity contribution in [2.24, 2.45) is 11.8 Å². The Kier molecular flexibility index (Phi) is 43.0. The van der Waals surface area contributed by atoms with Gasteiger partial charge in [0.1, 0.15) is 0 Å². The summed E-state index contributed by atoms with van der Waals surface area (Å²) in [5.74, 6) is 1.29. The molecule has 6 rings (SSSR count). The Morgan fingerprint density at radius 3 is 1.41 bits per heavy atom. The molecule has 28 heteroatoms. The summed E-state index contributed by atoms with van der Waals surface area (Å²) in [4.78, 5) is 73.4. The SMILES string of the molecule is CN(CC1CCCCC1)C(=O)OCCl.COC1CCCC(NC(=O)OCCl)C1.C[C@@H]1COC[C@H](C)N1C(=O)OCCl.C[C@@H]1COC[C@H](C)N1C(=O)OCCl.O=C(NCC1CCCCC1)OCCl.O=C(OCCl)N1CCOCC1. The van der Waals surface area contributed by atoms with Gasteiger partial charge in [-0.3, -0.25) is 9.80 Å². The van der Waals surface area contributed by atoms with Gasteiger partial charge < -0.3 is 67.8 Å². The molecule has 3 saturated carbocycles. The molecule has 6 atom stereocenters. The van der Waals surface area contributed by atoms with Crippen LogP contribution >= 0.6 is 69.6 Å². The number of morpholine rings is 3. The van der Waals surface area contributed by atoms with Crippen LogP contribution in [0.5, 0.6) is 0 Å². The minimum atomic E-state index is -0.443. The van der Waals surface area contributed by atoms with E-state index in [-0.39, 0.29) is 97.1 Å². The average molecular weight is 1240 g/mol. The number of amides is 6. The molecule has 6 fully saturated rings. The van der Waals surface area contributed by atoms with Crippen molar-refractivity contribution in [3.05, 3.63) is 0 Å². The number of hydrogen-bond donors (Lipinski definition) is 2. The highest BCUT2D eigenvalue weighted by atomic mass is 35.5. The molecule has 6 aliphatic rings. The fraction of sp³-hybridized carbons (Fsp3) is 0.880. The third-order valence-electron chi connectivity index (χ3n) is 13.2. The molecule has 3 heterocycles. The van der Waals surface area contributed by atoms with Crippen molar-refractivity contribution in [3.8, 4) is 0 Å². The Hall–Kier alpha value is -2.80. The molecule has 3 saturated heterocycles. The van der Waals surface area contributed by atoms with Gasteiger partial charge in [-0.05, 0) is 90.9 Å². The molecule has 3 aliphatic carbocycles. The third-order valence-corrected chi connectivity index (χ3v) is 13.9. The molecule has 6 amide bonds. The lowest BCUT2D eigenvalue weighted by atomic mass is 9.89. The molecule has 456 valence electrons. The van der Waals surface area contributed by atoms with E-state index in [0.717, 1.165) is 38.8 Å². The molecule has 0 aromatic rings. The number of ether oxygens (including phenoxy) is 10. The normalized spacial score (nSPS) is 23.2. The molecular weight excluding hydrogens is 1150 g/mol. The summed E-state index contributed by atoms with van der Waals surface area (Å²) < 4.78 is 48.7. The number of carbonyl (C=O) groups is 6. The van der Waals surface area contributed by atoms with Crippen LogP contribution in [0.25, 0.3) is 0 Å². The highest BCUT2D eigenvalue weighted by Gasteiger charge is 2.32. The van der Waals surface area contributed by atoms with Crippen molar-refractivity contribution < 1.29 is 76.1 Å². The molecule has 0 bridgehead atoms. The number of hydrogen-bond acceptors (Lipinski definition) is 16. The van der Waals surface area contributed by atoms with Gasteiger partial charge in [0.15, 0.2) is 36.4 Å². The largest absolute Gasteiger partial charge is 0.433 e. The first-order valence-electron chi connectivity index (χ1n) is 26.7. The second-order valence-electron chi connectivity index (χ2n) is 19.2. The Morgan fingerprint density at radius 1 is 0.526 bits per heavy atom. The lowest BCUT2D eigenvalue weighted by Crippen LogP contribution is -2.52. The Morgan fingerprint density at radius 2 is 0.962 bits per heavy atom. The van der Waals surface area contributed by atoms with Crippen LogP contribution in [0.1, 0.15) is 118 Å². The van der Waals surface area contributed by atoms with E-state index in [9.17, 15) is 28.8 Å². The van der Waals surface area contributed by atoms with Gasteiger partial charge in [0.05, 0.1) is 69.9 Å². The van der Waals surface area contributed by atoms with Crippen molar-refractivity contribution in [3.63, 3.8) is 0 Å². The highest BCUT2D eigenvalue weighted by Crippen LogP contribution is 2.25. The van der Waals surface area contributed by atoms with Crippen molar-refractivity contribution >= 4 is 106 Å². The minimum Gasteiger partial charge on any atom is -0.433 e. The summed E-state index contributed by atoms with van der Waals surface area (Å²) in [6.07, 6.45) is 14.8. The maximum Gasteiger partial charge on any atom is 0.411 e. The van der Waals surface area contributed by atoms with Crippen LogP contribution < -0.4 is 10.6 Å².